The van der Waals surface area contributed by atoms with E-state index in [0.29, 0.717) is 11.8 Å². The maximum Gasteiger partial charge on any atom is 0.399 e. The molecule has 0 aromatic carbocycles. The standard InChI is InChI=1S/C12H13N5O2/c1-4-5-16-10(18)8-9(15(3)12(16)19)14-11-13-7(2)6-17(8)11/h4,6,8H,1,5H2,2-3H3/p+1. The van der Waals surface area contributed by atoms with Crippen molar-refractivity contribution in [1.82, 2.24) is 14.8 Å². The summed E-state index contributed by atoms with van der Waals surface area (Å²) in [6.07, 6.45) is 3.36. The summed E-state index contributed by atoms with van der Waals surface area (Å²) in [5.41, 5.74) is 0.917. The van der Waals surface area contributed by atoms with Crippen LogP contribution in [0.1, 0.15) is 11.7 Å². The zero-order valence-corrected chi connectivity index (χ0v) is 10.8. The Hall–Kier alpha value is -2.44. The highest BCUT2D eigenvalue weighted by Gasteiger charge is 2.51. The van der Waals surface area contributed by atoms with Gasteiger partial charge in [0, 0.05) is 13.6 Å². The lowest BCUT2D eigenvalue weighted by atomic mass is 10.1. The van der Waals surface area contributed by atoms with Crippen LogP contribution >= 0.6 is 0 Å². The van der Waals surface area contributed by atoms with Gasteiger partial charge in [-0.15, -0.1) is 6.58 Å². The number of fused-ring (bicyclic) bond motifs is 3. The SMILES string of the molecule is C=CCN1C(=O)C2C(=Nc3[nH]c(C)c[n+]32)N(C)C1=O. The largest absolute Gasteiger partial charge is 0.399 e. The number of nitrogens with one attached hydrogen (secondary N) is 1. The van der Waals surface area contributed by atoms with Gasteiger partial charge in [-0.3, -0.25) is 14.6 Å². The second-order valence-electron chi connectivity index (χ2n) is 4.62. The number of rotatable bonds is 2. The average molecular weight is 260 g/mol. The van der Waals surface area contributed by atoms with Gasteiger partial charge in [0.15, 0.2) is 0 Å². The number of carbonyl (C=O) groups is 2. The van der Waals surface area contributed by atoms with Crippen LogP contribution in [0, 0.1) is 6.92 Å². The monoisotopic (exact) mass is 260 g/mol. The van der Waals surface area contributed by atoms with Crippen LogP contribution in [0.2, 0.25) is 0 Å². The summed E-state index contributed by atoms with van der Waals surface area (Å²) in [7, 11) is 1.62. The molecule has 2 aliphatic heterocycles. The van der Waals surface area contributed by atoms with E-state index in [1.54, 1.807) is 11.6 Å². The highest BCUT2D eigenvalue weighted by atomic mass is 16.2. The Morgan fingerprint density at radius 3 is 3.00 bits per heavy atom. The number of likely N-dealkylation sites (N-methyl/N-ethyl adjacent to an activating group) is 1. The Kier molecular flexibility index (Phi) is 2.31. The molecule has 1 fully saturated rings. The summed E-state index contributed by atoms with van der Waals surface area (Å²) >= 11 is 0. The van der Waals surface area contributed by atoms with E-state index < -0.39 is 6.04 Å². The molecule has 7 heteroatoms. The van der Waals surface area contributed by atoms with Gasteiger partial charge in [-0.25, -0.2) is 14.3 Å². The van der Waals surface area contributed by atoms with Gasteiger partial charge in [0.05, 0.1) is 0 Å². The third-order valence-corrected chi connectivity index (χ3v) is 3.30. The normalized spacial score (nSPS) is 21.4. The molecule has 0 aliphatic carbocycles. The molecule has 1 atom stereocenters. The molecule has 1 aromatic heterocycles. The van der Waals surface area contributed by atoms with Crippen molar-refractivity contribution in [3.63, 3.8) is 0 Å². The van der Waals surface area contributed by atoms with Crippen molar-refractivity contribution in [1.29, 1.82) is 0 Å². The van der Waals surface area contributed by atoms with Crippen molar-refractivity contribution in [2.24, 2.45) is 4.99 Å². The van der Waals surface area contributed by atoms with E-state index in [-0.39, 0.29) is 18.5 Å². The molecule has 3 rings (SSSR count). The molecule has 1 saturated heterocycles. The summed E-state index contributed by atoms with van der Waals surface area (Å²) in [6, 6.07) is -0.940. The second kappa shape index (κ2) is 3.78. The Balaban J connectivity index is 2.09. The Labute approximate surface area is 109 Å². The number of amides is 3. The molecule has 2 aliphatic rings. The number of carbonyl (C=O) groups excluding carboxylic acids is 2. The van der Waals surface area contributed by atoms with E-state index in [9.17, 15) is 9.59 Å². The molecule has 0 saturated carbocycles. The summed E-state index contributed by atoms with van der Waals surface area (Å²) in [5.74, 6) is 0.775. The van der Waals surface area contributed by atoms with Crippen molar-refractivity contribution < 1.29 is 14.2 Å². The molecule has 7 nitrogen and oxygen atoms in total. The van der Waals surface area contributed by atoms with Gasteiger partial charge in [0.25, 0.3) is 5.91 Å². The van der Waals surface area contributed by atoms with Crippen molar-refractivity contribution in [3.05, 3.63) is 24.5 Å². The predicted molar refractivity (Wildman–Crippen MR) is 66.9 cm³/mol. The molecule has 1 unspecified atom stereocenters. The third kappa shape index (κ3) is 1.44. The van der Waals surface area contributed by atoms with Crippen molar-refractivity contribution >= 4 is 23.7 Å². The van der Waals surface area contributed by atoms with Crippen LogP contribution in [0.3, 0.4) is 0 Å². The highest BCUT2D eigenvalue weighted by molar-refractivity contribution is 6.19. The topological polar surface area (TPSA) is 72.7 Å². The first-order valence-corrected chi connectivity index (χ1v) is 5.94. The van der Waals surface area contributed by atoms with E-state index in [0.717, 1.165) is 5.69 Å². The minimum absolute atomic E-state index is 0.199. The number of amidine groups is 1. The second-order valence-corrected chi connectivity index (χ2v) is 4.62. The molecule has 3 heterocycles. The third-order valence-electron chi connectivity index (χ3n) is 3.30. The van der Waals surface area contributed by atoms with Gasteiger partial charge < -0.3 is 0 Å². The molecule has 1 aromatic rings. The molecule has 0 radical (unpaired) electrons. The maximum atomic E-state index is 12.4. The minimum atomic E-state index is -0.567. The van der Waals surface area contributed by atoms with E-state index in [1.807, 2.05) is 13.1 Å². The number of aliphatic imine (C=N–C) groups is 1. The van der Waals surface area contributed by atoms with Crippen LogP contribution in [-0.4, -0.2) is 46.2 Å². The average Bonchev–Trinajstić information content (AvgIpc) is 2.87. The van der Waals surface area contributed by atoms with Crippen LogP contribution in [0.25, 0.3) is 0 Å². The van der Waals surface area contributed by atoms with Crippen LogP contribution < -0.4 is 4.57 Å². The van der Waals surface area contributed by atoms with Crippen molar-refractivity contribution in [2.45, 2.75) is 13.0 Å². The number of imide groups is 1. The first-order valence-electron chi connectivity index (χ1n) is 5.94. The lowest BCUT2D eigenvalue weighted by Gasteiger charge is -2.32. The fourth-order valence-corrected chi connectivity index (χ4v) is 2.43. The van der Waals surface area contributed by atoms with Crippen molar-refractivity contribution in [2.75, 3.05) is 13.6 Å². The summed E-state index contributed by atoms with van der Waals surface area (Å²) in [5, 5.41) is 0. The lowest BCUT2D eigenvalue weighted by molar-refractivity contribution is -0.676. The van der Waals surface area contributed by atoms with Gasteiger partial charge in [-0.1, -0.05) is 11.1 Å². The highest BCUT2D eigenvalue weighted by Crippen LogP contribution is 2.26. The van der Waals surface area contributed by atoms with E-state index in [2.05, 4.69) is 16.6 Å². The molecular formula is C12H14N5O2+. The predicted octanol–water partition coefficient (Wildman–Crippen LogP) is 0.275. The fourth-order valence-electron chi connectivity index (χ4n) is 2.43. The van der Waals surface area contributed by atoms with Crippen LogP contribution in [-0.2, 0) is 4.79 Å². The van der Waals surface area contributed by atoms with Crippen LogP contribution in [0.15, 0.2) is 23.8 Å². The quantitative estimate of drug-likeness (QED) is 0.612. The molecule has 0 spiro atoms. The molecular weight excluding hydrogens is 246 g/mol. The van der Waals surface area contributed by atoms with E-state index in [4.69, 9.17) is 0 Å². The van der Waals surface area contributed by atoms with E-state index in [1.165, 1.54) is 15.9 Å². The number of imidazole rings is 1. The maximum absolute atomic E-state index is 12.4. The zero-order chi connectivity index (χ0) is 13.7. The molecule has 98 valence electrons. The van der Waals surface area contributed by atoms with Gasteiger partial charge in [-0.05, 0) is 6.92 Å². The minimum Gasteiger partial charge on any atom is -0.270 e. The Bertz CT molecular complexity index is 630. The number of hydrogen-bond acceptors (Lipinski definition) is 3. The first-order chi connectivity index (χ1) is 9.04. The summed E-state index contributed by atoms with van der Waals surface area (Å²) in [6.45, 7) is 5.67. The number of aromatic amines is 1. The van der Waals surface area contributed by atoms with Crippen molar-refractivity contribution in [3.8, 4) is 0 Å². The van der Waals surface area contributed by atoms with Gasteiger partial charge in [-0.2, -0.15) is 0 Å². The molecule has 1 N–H and O–H groups in total. The molecule has 3 amide bonds. The van der Waals surface area contributed by atoms with Gasteiger partial charge >= 0.3 is 12.0 Å². The number of hydrogen-bond donors (Lipinski definition) is 1. The number of H-pyrrole nitrogens is 1. The van der Waals surface area contributed by atoms with Crippen LogP contribution in [0.5, 0.6) is 0 Å². The zero-order valence-electron chi connectivity index (χ0n) is 10.8. The molecule has 19 heavy (non-hydrogen) atoms. The summed E-state index contributed by atoms with van der Waals surface area (Å²) < 4.78 is 1.76. The van der Waals surface area contributed by atoms with Crippen LogP contribution in [0.4, 0.5) is 10.7 Å². The van der Waals surface area contributed by atoms with Gasteiger partial charge in [0.1, 0.15) is 11.9 Å². The number of nitrogens with zero attached hydrogens (tertiary/aromatic N) is 4. The number of urea groups is 1. The number of aryl methyl sites for hydroxylation is 1. The molecule has 0 bridgehead atoms. The lowest BCUT2D eigenvalue weighted by Crippen LogP contribution is -2.62. The summed E-state index contributed by atoms with van der Waals surface area (Å²) in [4.78, 5) is 34.5. The Morgan fingerprint density at radius 1 is 1.58 bits per heavy atom. The van der Waals surface area contributed by atoms with Gasteiger partial charge in [0.2, 0.25) is 11.9 Å². The number of aromatic nitrogens is 2. The first kappa shape index (κ1) is 11.6. The fraction of sp³-hybridized carbons (Fsp3) is 0.333. The van der Waals surface area contributed by atoms with E-state index >= 15 is 0 Å². The Morgan fingerprint density at radius 2 is 2.32 bits per heavy atom. The smallest absolute Gasteiger partial charge is 0.270 e.